The van der Waals surface area contributed by atoms with Crippen molar-refractivity contribution in [3.63, 3.8) is 0 Å². The lowest BCUT2D eigenvalue weighted by atomic mass is 9.97. The van der Waals surface area contributed by atoms with Crippen molar-refractivity contribution in [2.45, 2.75) is 31.8 Å². The van der Waals surface area contributed by atoms with E-state index in [-0.39, 0.29) is 17.5 Å². The maximum absolute atomic E-state index is 13.3. The minimum Gasteiger partial charge on any atom is -0.387 e. The molecule has 2 N–H and O–H groups in total. The zero-order valence-corrected chi connectivity index (χ0v) is 13.1. The van der Waals surface area contributed by atoms with Gasteiger partial charge in [0.25, 0.3) is 0 Å². The fourth-order valence-corrected chi connectivity index (χ4v) is 2.62. The summed E-state index contributed by atoms with van der Waals surface area (Å²) >= 11 is 5.59. The molecular formula is C16H21ClFNO3. The largest absolute Gasteiger partial charge is 0.387 e. The first kappa shape index (κ1) is 17.2. The van der Waals surface area contributed by atoms with Crippen molar-refractivity contribution in [1.82, 2.24) is 5.32 Å². The Balaban J connectivity index is 1.71. The van der Waals surface area contributed by atoms with E-state index in [9.17, 15) is 14.3 Å². The third kappa shape index (κ3) is 5.23. The Kier molecular flexibility index (Phi) is 6.61. The zero-order valence-electron chi connectivity index (χ0n) is 12.4. The van der Waals surface area contributed by atoms with E-state index in [0.717, 1.165) is 32.5 Å². The van der Waals surface area contributed by atoms with Gasteiger partial charge in [0.1, 0.15) is 5.82 Å². The number of halogens is 2. The highest BCUT2D eigenvalue weighted by molar-refractivity contribution is 6.30. The van der Waals surface area contributed by atoms with Gasteiger partial charge in [-0.05, 0) is 42.9 Å². The number of rotatable bonds is 6. The van der Waals surface area contributed by atoms with E-state index in [1.165, 1.54) is 12.1 Å². The molecule has 1 aromatic carbocycles. The molecule has 1 amide bonds. The standard InChI is InChI=1S/C16H21ClFNO3/c17-13-5-4-12(8-14(13)18)15(20)9-19-16(21)6-3-11-2-1-7-22-10-11/h4-5,8,11,15,20H,1-3,6-7,9-10H2,(H,19,21). The Morgan fingerprint density at radius 1 is 1.55 bits per heavy atom. The molecule has 4 nitrogen and oxygen atoms in total. The van der Waals surface area contributed by atoms with E-state index < -0.39 is 11.9 Å². The number of aliphatic hydroxyl groups is 1. The highest BCUT2D eigenvalue weighted by Gasteiger charge is 2.16. The molecule has 2 unspecified atom stereocenters. The number of carbonyl (C=O) groups excluding carboxylic acids is 1. The fourth-order valence-electron chi connectivity index (χ4n) is 2.51. The first-order chi connectivity index (χ1) is 10.6. The summed E-state index contributed by atoms with van der Waals surface area (Å²) in [5, 5.41) is 12.6. The smallest absolute Gasteiger partial charge is 0.220 e. The zero-order chi connectivity index (χ0) is 15.9. The SMILES string of the molecule is O=C(CCC1CCCOC1)NCC(O)c1ccc(Cl)c(F)c1. The van der Waals surface area contributed by atoms with E-state index in [2.05, 4.69) is 5.32 Å². The summed E-state index contributed by atoms with van der Waals surface area (Å²) in [6, 6.07) is 4.11. The molecule has 0 saturated carbocycles. The van der Waals surface area contributed by atoms with Gasteiger partial charge >= 0.3 is 0 Å². The van der Waals surface area contributed by atoms with Crippen molar-refractivity contribution in [2.75, 3.05) is 19.8 Å². The normalized spacial score (nSPS) is 19.7. The fraction of sp³-hybridized carbons (Fsp3) is 0.562. The van der Waals surface area contributed by atoms with Crippen molar-refractivity contribution >= 4 is 17.5 Å². The lowest BCUT2D eigenvalue weighted by molar-refractivity contribution is -0.122. The first-order valence-corrected chi connectivity index (χ1v) is 7.91. The van der Waals surface area contributed by atoms with Crippen molar-refractivity contribution in [2.24, 2.45) is 5.92 Å². The van der Waals surface area contributed by atoms with Crippen LogP contribution >= 0.6 is 11.6 Å². The second-order valence-corrected chi connectivity index (χ2v) is 6.02. The molecule has 1 heterocycles. The van der Waals surface area contributed by atoms with Gasteiger partial charge in [-0.3, -0.25) is 4.79 Å². The van der Waals surface area contributed by atoms with Gasteiger partial charge in [-0.2, -0.15) is 0 Å². The topological polar surface area (TPSA) is 58.6 Å². The van der Waals surface area contributed by atoms with E-state index in [4.69, 9.17) is 16.3 Å². The van der Waals surface area contributed by atoms with Crippen LogP contribution in [0.15, 0.2) is 18.2 Å². The van der Waals surface area contributed by atoms with Crippen molar-refractivity contribution in [3.8, 4) is 0 Å². The number of amides is 1. The Labute approximate surface area is 134 Å². The number of nitrogens with one attached hydrogen (secondary N) is 1. The van der Waals surface area contributed by atoms with Crippen LogP contribution < -0.4 is 5.32 Å². The summed E-state index contributed by atoms with van der Waals surface area (Å²) in [5.74, 6) is -0.254. The van der Waals surface area contributed by atoms with Crippen LogP contribution in [0.2, 0.25) is 5.02 Å². The van der Waals surface area contributed by atoms with Crippen molar-refractivity contribution in [3.05, 3.63) is 34.6 Å². The quantitative estimate of drug-likeness (QED) is 0.843. The lowest BCUT2D eigenvalue weighted by Gasteiger charge is -2.21. The molecule has 1 aromatic rings. The van der Waals surface area contributed by atoms with Crippen LogP contribution in [-0.4, -0.2) is 30.8 Å². The van der Waals surface area contributed by atoms with E-state index >= 15 is 0 Å². The summed E-state index contributed by atoms with van der Waals surface area (Å²) < 4.78 is 18.7. The number of hydrogen-bond acceptors (Lipinski definition) is 3. The molecular weight excluding hydrogens is 309 g/mol. The maximum Gasteiger partial charge on any atom is 0.220 e. The molecule has 122 valence electrons. The molecule has 2 rings (SSSR count). The molecule has 6 heteroatoms. The summed E-state index contributed by atoms with van der Waals surface area (Å²) in [4.78, 5) is 11.8. The van der Waals surface area contributed by atoms with Gasteiger partial charge in [0.2, 0.25) is 5.91 Å². The minimum atomic E-state index is -0.950. The van der Waals surface area contributed by atoms with Crippen LogP contribution in [0.1, 0.15) is 37.4 Å². The number of hydrogen-bond donors (Lipinski definition) is 2. The Morgan fingerprint density at radius 3 is 3.05 bits per heavy atom. The van der Waals surface area contributed by atoms with E-state index in [1.807, 2.05) is 0 Å². The van der Waals surface area contributed by atoms with Gasteiger partial charge in [-0.25, -0.2) is 4.39 Å². The second kappa shape index (κ2) is 8.46. The molecule has 22 heavy (non-hydrogen) atoms. The number of aliphatic hydroxyl groups excluding tert-OH is 1. The molecule has 0 aliphatic carbocycles. The summed E-state index contributed by atoms with van der Waals surface area (Å²) in [5.41, 5.74) is 0.392. The molecule has 0 aromatic heterocycles. The van der Waals surface area contributed by atoms with E-state index in [1.54, 1.807) is 6.07 Å². The summed E-state index contributed by atoms with van der Waals surface area (Å²) in [7, 11) is 0. The summed E-state index contributed by atoms with van der Waals surface area (Å²) in [6.45, 7) is 1.59. The molecule has 1 fully saturated rings. The van der Waals surface area contributed by atoms with Crippen LogP contribution in [0.3, 0.4) is 0 Å². The van der Waals surface area contributed by atoms with Crippen LogP contribution in [0.5, 0.6) is 0 Å². The highest BCUT2D eigenvalue weighted by atomic mass is 35.5. The average molecular weight is 330 g/mol. The second-order valence-electron chi connectivity index (χ2n) is 5.62. The number of benzene rings is 1. The molecule has 1 aliphatic rings. The van der Waals surface area contributed by atoms with Gasteiger partial charge in [0.15, 0.2) is 0 Å². The Hall–Kier alpha value is -1.17. The van der Waals surface area contributed by atoms with Crippen molar-refractivity contribution < 1.29 is 19.0 Å². The van der Waals surface area contributed by atoms with Crippen LogP contribution in [0.25, 0.3) is 0 Å². The Bertz CT molecular complexity index is 506. The van der Waals surface area contributed by atoms with Gasteiger partial charge in [0, 0.05) is 26.2 Å². The Morgan fingerprint density at radius 2 is 2.36 bits per heavy atom. The van der Waals surface area contributed by atoms with Crippen LogP contribution in [0, 0.1) is 11.7 Å². The number of ether oxygens (including phenoxy) is 1. The highest BCUT2D eigenvalue weighted by Crippen LogP contribution is 2.20. The lowest BCUT2D eigenvalue weighted by Crippen LogP contribution is -2.29. The predicted molar refractivity (Wildman–Crippen MR) is 82.2 cm³/mol. The summed E-state index contributed by atoms with van der Waals surface area (Å²) in [6.07, 6.45) is 2.40. The van der Waals surface area contributed by atoms with Gasteiger partial charge < -0.3 is 15.2 Å². The van der Waals surface area contributed by atoms with Gasteiger partial charge in [0.05, 0.1) is 11.1 Å². The van der Waals surface area contributed by atoms with Crippen molar-refractivity contribution in [1.29, 1.82) is 0 Å². The number of carbonyl (C=O) groups is 1. The van der Waals surface area contributed by atoms with Crippen LogP contribution in [-0.2, 0) is 9.53 Å². The van der Waals surface area contributed by atoms with Crippen LogP contribution in [0.4, 0.5) is 4.39 Å². The molecule has 1 aliphatic heterocycles. The molecule has 0 bridgehead atoms. The third-order valence-electron chi connectivity index (χ3n) is 3.86. The average Bonchev–Trinajstić information content (AvgIpc) is 2.54. The third-order valence-corrected chi connectivity index (χ3v) is 4.16. The molecule has 0 radical (unpaired) electrons. The molecule has 0 spiro atoms. The first-order valence-electron chi connectivity index (χ1n) is 7.53. The molecule has 1 saturated heterocycles. The maximum atomic E-state index is 13.3. The monoisotopic (exact) mass is 329 g/mol. The van der Waals surface area contributed by atoms with Gasteiger partial charge in [-0.1, -0.05) is 17.7 Å². The molecule has 2 atom stereocenters. The van der Waals surface area contributed by atoms with Gasteiger partial charge in [-0.15, -0.1) is 0 Å². The van der Waals surface area contributed by atoms with E-state index in [0.29, 0.717) is 17.9 Å². The minimum absolute atomic E-state index is 0.00897. The predicted octanol–water partition coefficient (Wildman–Crippen LogP) is 2.84.